The minimum atomic E-state index is -0.215. The van der Waals surface area contributed by atoms with E-state index in [1.54, 1.807) is 12.4 Å². The van der Waals surface area contributed by atoms with Crippen molar-refractivity contribution in [2.75, 3.05) is 6.54 Å². The van der Waals surface area contributed by atoms with Gasteiger partial charge in [0, 0.05) is 43.4 Å². The van der Waals surface area contributed by atoms with Crippen LogP contribution in [0.25, 0.3) is 11.4 Å². The molecule has 0 aromatic carbocycles. The van der Waals surface area contributed by atoms with Crippen molar-refractivity contribution in [3.63, 3.8) is 0 Å². The van der Waals surface area contributed by atoms with Gasteiger partial charge < -0.3 is 10.6 Å². The second kappa shape index (κ2) is 8.70. The molecule has 2 N–H and O–H groups in total. The molecule has 140 valence electrons. The lowest BCUT2D eigenvalue weighted by Gasteiger charge is -2.04. The van der Waals surface area contributed by atoms with Crippen molar-refractivity contribution in [1.29, 1.82) is 0 Å². The molecule has 0 fully saturated rings. The maximum absolute atomic E-state index is 12.3. The number of pyridine rings is 1. The summed E-state index contributed by atoms with van der Waals surface area (Å²) >= 11 is 0. The largest absolute Gasteiger partial charge is 0.346 e. The zero-order chi connectivity index (χ0) is 17.8. The van der Waals surface area contributed by atoms with Crippen LogP contribution in [0.5, 0.6) is 0 Å². The molecule has 3 aromatic heterocycles. The summed E-state index contributed by atoms with van der Waals surface area (Å²) in [5.41, 5.74) is 3.29. The second-order valence-corrected chi connectivity index (χ2v) is 6.09. The van der Waals surface area contributed by atoms with E-state index in [2.05, 4.69) is 30.7 Å². The lowest BCUT2D eigenvalue weighted by atomic mass is 10.2. The van der Waals surface area contributed by atoms with E-state index in [1.807, 2.05) is 22.9 Å². The molecule has 0 saturated carbocycles. The molecule has 0 bridgehead atoms. The molecule has 4 heterocycles. The maximum Gasteiger partial charge on any atom is 0.254 e. The van der Waals surface area contributed by atoms with Crippen molar-refractivity contribution in [2.24, 2.45) is 0 Å². The van der Waals surface area contributed by atoms with Gasteiger partial charge in [-0.15, -0.1) is 12.4 Å². The molecule has 1 aliphatic rings. The Hall–Kier alpha value is -2.84. The quantitative estimate of drug-likeness (QED) is 0.707. The van der Waals surface area contributed by atoms with Gasteiger partial charge >= 0.3 is 0 Å². The molecule has 0 aliphatic carbocycles. The average molecular weight is 386 g/mol. The van der Waals surface area contributed by atoms with Crippen molar-refractivity contribution in [3.8, 4) is 11.4 Å². The van der Waals surface area contributed by atoms with Crippen molar-refractivity contribution in [3.05, 3.63) is 59.9 Å². The Bertz CT molecular complexity index is 872. The van der Waals surface area contributed by atoms with E-state index in [4.69, 9.17) is 0 Å². The standard InChI is InChI=1S/C18H19N7O.ClH/c26-18(14-9-21-17(22-10-14)13-2-5-19-6-3-13)23-11-15-8-16-12-20-4-1-7-25(16)24-15;/h2-3,5-6,8-10,20H,1,4,7,11-12H2,(H,23,26);1H. The fourth-order valence-electron chi connectivity index (χ4n) is 2.88. The highest BCUT2D eigenvalue weighted by Gasteiger charge is 2.12. The summed E-state index contributed by atoms with van der Waals surface area (Å²) < 4.78 is 2.01. The van der Waals surface area contributed by atoms with E-state index in [0.29, 0.717) is 17.9 Å². The summed E-state index contributed by atoms with van der Waals surface area (Å²) in [6, 6.07) is 5.68. The number of fused-ring (bicyclic) bond motifs is 1. The number of amides is 1. The highest BCUT2D eigenvalue weighted by molar-refractivity contribution is 5.93. The molecule has 0 radical (unpaired) electrons. The topological polar surface area (TPSA) is 97.6 Å². The van der Waals surface area contributed by atoms with Crippen LogP contribution in [0.1, 0.15) is 28.2 Å². The predicted molar refractivity (Wildman–Crippen MR) is 102 cm³/mol. The van der Waals surface area contributed by atoms with Gasteiger partial charge in [0.2, 0.25) is 0 Å². The van der Waals surface area contributed by atoms with E-state index in [-0.39, 0.29) is 18.3 Å². The number of nitrogens with one attached hydrogen (secondary N) is 2. The first-order valence-electron chi connectivity index (χ1n) is 8.56. The van der Waals surface area contributed by atoms with E-state index in [1.165, 1.54) is 12.4 Å². The molecule has 0 unspecified atom stereocenters. The molecule has 1 aliphatic heterocycles. The monoisotopic (exact) mass is 385 g/mol. The normalized spacial score (nSPS) is 13.2. The number of aryl methyl sites for hydroxylation is 1. The Balaban J connectivity index is 0.00000210. The third-order valence-electron chi connectivity index (χ3n) is 4.23. The number of aromatic nitrogens is 5. The highest BCUT2D eigenvalue weighted by atomic mass is 35.5. The number of carbonyl (C=O) groups excluding carboxylic acids is 1. The molecule has 3 aromatic rings. The molecule has 9 heteroatoms. The average Bonchev–Trinajstić information content (AvgIpc) is 2.96. The van der Waals surface area contributed by atoms with Crippen LogP contribution in [0.3, 0.4) is 0 Å². The van der Waals surface area contributed by atoms with Crippen LogP contribution in [0.4, 0.5) is 0 Å². The number of carbonyl (C=O) groups is 1. The number of halogens is 1. The van der Waals surface area contributed by atoms with Crippen molar-refractivity contribution < 1.29 is 4.79 Å². The van der Waals surface area contributed by atoms with E-state index in [0.717, 1.165) is 43.0 Å². The van der Waals surface area contributed by atoms with Crippen LogP contribution in [-0.2, 0) is 19.6 Å². The molecular weight excluding hydrogens is 366 g/mol. The lowest BCUT2D eigenvalue weighted by molar-refractivity contribution is 0.0949. The first-order chi connectivity index (χ1) is 12.8. The van der Waals surface area contributed by atoms with Crippen LogP contribution < -0.4 is 10.6 Å². The first-order valence-corrected chi connectivity index (χ1v) is 8.56. The molecule has 0 spiro atoms. The van der Waals surface area contributed by atoms with Crippen molar-refractivity contribution in [1.82, 2.24) is 35.4 Å². The molecule has 1 amide bonds. The molecule has 4 rings (SSSR count). The minimum Gasteiger partial charge on any atom is -0.346 e. The zero-order valence-electron chi connectivity index (χ0n) is 14.6. The van der Waals surface area contributed by atoms with E-state index < -0.39 is 0 Å². The Morgan fingerprint density at radius 2 is 2.00 bits per heavy atom. The Morgan fingerprint density at radius 1 is 1.22 bits per heavy atom. The van der Waals surface area contributed by atoms with Gasteiger partial charge in [-0.05, 0) is 31.2 Å². The number of hydrogen-bond donors (Lipinski definition) is 2. The van der Waals surface area contributed by atoms with Crippen LogP contribution in [-0.4, -0.2) is 37.2 Å². The SMILES string of the molecule is Cl.O=C(NCc1cc2n(n1)CCCNC2)c1cnc(-c2ccncc2)nc1. The predicted octanol–water partition coefficient (Wildman–Crippen LogP) is 1.58. The van der Waals surface area contributed by atoms with Crippen molar-refractivity contribution in [2.45, 2.75) is 26.1 Å². The van der Waals surface area contributed by atoms with Gasteiger partial charge in [0.05, 0.1) is 23.5 Å². The number of hydrogen-bond acceptors (Lipinski definition) is 6. The summed E-state index contributed by atoms with van der Waals surface area (Å²) in [5, 5.41) is 10.8. The van der Waals surface area contributed by atoms with Crippen LogP contribution in [0.15, 0.2) is 43.0 Å². The minimum absolute atomic E-state index is 0. The molecular formula is C18H20ClN7O. The Kier molecular flexibility index (Phi) is 6.10. The summed E-state index contributed by atoms with van der Waals surface area (Å²) in [5.74, 6) is 0.349. The maximum atomic E-state index is 12.3. The van der Waals surface area contributed by atoms with Gasteiger partial charge in [0.25, 0.3) is 5.91 Å². The highest BCUT2D eigenvalue weighted by Crippen LogP contribution is 2.12. The fraction of sp³-hybridized carbons (Fsp3) is 0.278. The third kappa shape index (κ3) is 4.47. The van der Waals surface area contributed by atoms with E-state index >= 15 is 0 Å². The van der Waals surface area contributed by atoms with Gasteiger partial charge in [-0.2, -0.15) is 5.10 Å². The first kappa shape index (κ1) is 18.9. The summed E-state index contributed by atoms with van der Waals surface area (Å²) in [4.78, 5) is 24.8. The van der Waals surface area contributed by atoms with Crippen LogP contribution in [0.2, 0.25) is 0 Å². The van der Waals surface area contributed by atoms with Crippen LogP contribution in [0, 0.1) is 0 Å². The van der Waals surface area contributed by atoms with Gasteiger partial charge in [0.1, 0.15) is 0 Å². The second-order valence-electron chi connectivity index (χ2n) is 6.09. The summed E-state index contributed by atoms with van der Waals surface area (Å²) in [7, 11) is 0. The van der Waals surface area contributed by atoms with Crippen molar-refractivity contribution >= 4 is 18.3 Å². The fourth-order valence-corrected chi connectivity index (χ4v) is 2.88. The Morgan fingerprint density at radius 3 is 2.78 bits per heavy atom. The smallest absolute Gasteiger partial charge is 0.254 e. The molecule has 0 atom stereocenters. The Labute approximate surface area is 162 Å². The van der Waals surface area contributed by atoms with Gasteiger partial charge in [-0.1, -0.05) is 0 Å². The summed E-state index contributed by atoms with van der Waals surface area (Å²) in [6.45, 7) is 3.10. The molecule has 0 saturated heterocycles. The zero-order valence-corrected chi connectivity index (χ0v) is 15.4. The lowest BCUT2D eigenvalue weighted by Crippen LogP contribution is -2.23. The summed E-state index contributed by atoms with van der Waals surface area (Å²) in [6.07, 6.45) is 7.49. The number of nitrogens with zero attached hydrogens (tertiary/aromatic N) is 5. The molecule has 27 heavy (non-hydrogen) atoms. The van der Waals surface area contributed by atoms with E-state index in [9.17, 15) is 4.79 Å². The molecule has 8 nitrogen and oxygen atoms in total. The van der Waals surface area contributed by atoms with Gasteiger partial charge in [0.15, 0.2) is 5.82 Å². The third-order valence-corrected chi connectivity index (χ3v) is 4.23. The van der Waals surface area contributed by atoms with Gasteiger partial charge in [-0.25, -0.2) is 9.97 Å². The number of rotatable bonds is 4. The van der Waals surface area contributed by atoms with Crippen LogP contribution >= 0.6 is 12.4 Å². The van der Waals surface area contributed by atoms with Gasteiger partial charge in [-0.3, -0.25) is 14.5 Å².